The maximum absolute atomic E-state index is 13.0. The van der Waals surface area contributed by atoms with Crippen LogP contribution in [0.2, 0.25) is 0 Å². The van der Waals surface area contributed by atoms with E-state index in [0.717, 1.165) is 18.6 Å². The summed E-state index contributed by atoms with van der Waals surface area (Å²) < 4.78 is 45.8. The van der Waals surface area contributed by atoms with Gasteiger partial charge in [-0.2, -0.15) is 4.31 Å². The number of hydrogen-bond donors (Lipinski definition) is 0. The first-order valence-electron chi connectivity index (χ1n) is 8.40. The molecule has 0 saturated carbocycles. The normalized spacial score (nSPS) is 18.9. The van der Waals surface area contributed by atoms with Crippen LogP contribution in [0.4, 0.5) is 4.39 Å². The highest BCUT2D eigenvalue weighted by atomic mass is 32.2. The summed E-state index contributed by atoms with van der Waals surface area (Å²) in [5.74, 6) is 0.497. The molecule has 0 aliphatic carbocycles. The molecule has 134 valence electrons. The molecule has 0 amide bonds. The average Bonchev–Trinajstić information content (AvgIpc) is 2.62. The number of rotatable bonds is 5. The Morgan fingerprint density at radius 3 is 2.48 bits per heavy atom. The van der Waals surface area contributed by atoms with Crippen molar-refractivity contribution in [2.75, 3.05) is 19.7 Å². The van der Waals surface area contributed by atoms with E-state index in [9.17, 15) is 12.8 Å². The van der Waals surface area contributed by atoms with Gasteiger partial charge in [-0.15, -0.1) is 0 Å². The standard InChI is InChI=1S/C19H22FNO3S/c1-15-4-8-18(9-5-15)24-14-16-3-2-12-21(13-16)25(22,23)19-10-6-17(20)7-11-19/h4-11,16H,2-3,12-14H2,1H3. The SMILES string of the molecule is Cc1ccc(OCC2CCCN(S(=O)(=O)c3ccc(F)cc3)C2)cc1. The molecule has 4 nitrogen and oxygen atoms in total. The van der Waals surface area contributed by atoms with E-state index in [1.54, 1.807) is 0 Å². The first kappa shape index (κ1) is 17.9. The van der Waals surface area contributed by atoms with Crippen molar-refractivity contribution in [2.24, 2.45) is 5.92 Å². The summed E-state index contributed by atoms with van der Waals surface area (Å²) in [7, 11) is -3.59. The van der Waals surface area contributed by atoms with Crippen molar-refractivity contribution in [3.63, 3.8) is 0 Å². The fourth-order valence-electron chi connectivity index (χ4n) is 2.99. The molecule has 0 aromatic heterocycles. The highest BCUT2D eigenvalue weighted by molar-refractivity contribution is 7.89. The first-order valence-corrected chi connectivity index (χ1v) is 9.84. The Balaban J connectivity index is 1.64. The third-order valence-electron chi connectivity index (χ3n) is 4.44. The molecule has 6 heteroatoms. The Morgan fingerprint density at radius 1 is 1.12 bits per heavy atom. The predicted octanol–water partition coefficient (Wildman–Crippen LogP) is 3.61. The number of sulfonamides is 1. The third kappa shape index (κ3) is 4.38. The van der Waals surface area contributed by atoms with Crippen molar-refractivity contribution in [3.8, 4) is 5.75 Å². The van der Waals surface area contributed by atoms with Crippen molar-refractivity contribution in [2.45, 2.75) is 24.7 Å². The summed E-state index contributed by atoms with van der Waals surface area (Å²) in [6.45, 7) is 3.41. The molecule has 0 bridgehead atoms. The zero-order valence-electron chi connectivity index (χ0n) is 14.2. The summed E-state index contributed by atoms with van der Waals surface area (Å²) in [6.07, 6.45) is 1.73. The van der Waals surface area contributed by atoms with Crippen LogP contribution in [0.15, 0.2) is 53.4 Å². The summed E-state index contributed by atoms with van der Waals surface area (Å²) >= 11 is 0. The lowest BCUT2D eigenvalue weighted by molar-refractivity contribution is 0.180. The Morgan fingerprint density at radius 2 is 1.80 bits per heavy atom. The molecule has 2 aromatic rings. The molecule has 0 spiro atoms. The van der Waals surface area contributed by atoms with Crippen LogP contribution in [-0.4, -0.2) is 32.4 Å². The van der Waals surface area contributed by atoms with Crippen molar-refractivity contribution < 1.29 is 17.5 Å². The van der Waals surface area contributed by atoms with Crippen molar-refractivity contribution in [3.05, 3.63) is 59.9 Å². The maximum Gasteiger partial charge on any atom is 0.243 e. The number of halogens is 1. The minimum absolute atomic E-state index is 0.133. The van der Waals surface area contributed by atoms with Gasteiger partial charge in [0, 0.05) is 19.0 Å². The number of nitrogens with zero attached hydrogens (tertiary/aromatic N) is 1. The first-order chi connectivity index (χ1) is 11.9. The molecule has 2 aromatic carbocycles. The second kappa shape index (κ2) is 7.54. The molecule has 1 unspecified atom stereocenters. The van der Waals surface area contributed by atoms with E-state index in [2.05, 4.69) is 0 Å². The summed E-state index contributed by atoms with van der Waals surface area (Å²) in [5, 5.41) is 0. The maximum atomic E-state index is 13.0. The van der Waals surface area contributed by atoms with Crippen LogP contribution in [0.3, 0.4) is 0 Å². The van der Waals surface area contributed by atoms with Gasteiger partial charge < -0.3 is 4.74 Å². The molecule has 1 aliphatic heterocycles. The van der Waals surface area contributed by atoms with Gasteiger partial charge in [-0.05, 0) is 56.2 Å². The number of aryl methyl sites for hydroxylation is 1. The van der Waals surface area contributed by atoms with Gasteiger partial charge >= 0.3 is 0 Å². The van der Waals surface area contributed by atoms with Crippen molar-refractivity contribution in [1.29, 1.82) is 0 Å². The quantitative estimate of drug-likeness (QED) is 0.815. The Kier molecular flexibility index (Phi) is 5.39. The number of ether oxygens (including phenoxy) is 1. The zero-order chi connectivity index (χ0) is 17.9. The van der Waals surface area contributed by atoms with E-state index >= 15 is 0 Å². The second-order valence-corrected chi connectivity index (χ2v) is 8.39. The van der Waals surface area contributed by atoms with E-state index in [-0.39, 0.29) is 10.8 Å². The smallest absolute Gasteiger partial charge is 0.243 e. The van der Waals surface area contributed by atoms with Crippen LogP contribution in [0.5, 0.6) is 5.75 Å². The Hall–Kier alpha value is -1.92. The van der Waals surface area contributed by atoms with Crippen LogP contribution in [0.25, 0.3) is 0 Å². The average molecular weight is 363 g/mol. The van der Waals surface area contributed by atoms with E-state index in [4.69, 9.17) is 4.74 Å². The monoisotopic (exact) mass is 363 g/mol. The lowest BCUT2D eigenvalue weighted by Gasteiger charge is -2.31. The van der Waals surface area contributed by atoms with Gasteiger partial charge in [0.2, 0.25) is 10.0 Å². The fraction of sp³-hybridized carbons (Fsp3) is 0.368. The highest BCUT2D eigenvalue weighted by Crippen LogP contribution is 2.25. The van der Waals surface area contributed by atoms with Gasteiger partial charge in [-0.3, -0.25) is 0 Å². The molecule has 1 atom stereocenters. The van der Waals surface area contributed by atoms with E-state index in [1.807, 2.05) is 31.2 Å². The van der Waals surface area contributed by atoms with Crippen LogP contribution in [0.1, 0.15) is 18.4 Å². The molecule has 1 saturated heterocycles. The molecule has 1 heterocycles. The van der Waals surface area contributed by atoms with E-state index in [1.165, 1.54) is 34.1 Å². The fourth-order valence-corrected chi connectivity index (χ4v) is 4.54. The molecular formula is C19H22FNO3S. The van der Waals surface area contributed by atoms with Gasteiger partial charge in [0.25, 0.3) is 0 Å². The lowest BCUT2D eigenvalue weighted by atomic mass is 10.0. The molecule has 0 N–H and O–H groups in total. The number of benzene rings is 2. The molecule has 3 rings (SSSR count). The van der Waals surface area contributed by atoms with E-state index in [0.29, 0.717) is 19.7 Å². The van der Waals surface area contributed by atoms with Gasteiger partial charge in [0.15, 0.2) is 0 Å². The lowest BCUT2D eigenvalue weighted by Crippen LogP contribution is -2.41. The third-order valence-corrected chi connectivity index (χ3v) is 6.32. The van der Waals surface area contributed by atoms with Gasteiger partial charge in [-0.1, -0.05) is 17.7 Å². The number of piperidine rings is 1. The van der Waals surface area contributed by atoms with Gasteiger partial charge in [-0.25, -0.2) is 12.8 Å². The summed E-state index contributed by atoms with van der Waals surface area (Å²) in [6, 6.07) is 12.8. The minimum Gasteiger partial charge on any atom is -0.493 e. The van der Waals surface area contributed by atoms with Crippen LogP contribution < -0.4 is 4.74 Å². The second-order valence-electron chi connectivity index (χ2n) is 6.45. The van der Waals surface area contributed by atoms with E-state index < -0.39 is 15.8 Å². The summed E-state index contributed by atoms with van der Waals surface area (Å²) in [5.41, 5.74) is 1.17. The van der Waals surface area contributed by atoms with Gasteiger partial charge in [0.05, 0.1) is 11.5 Å². The summed E-state index contributed by atoms with van der Waals surface area (Å²) in [4.78, 5) is 0.133. The molecule has 1 fully saturated rings. The van der Waals surface area contributed by atoms with Crippen molar-refractivity contribution >= 4 is 10.0 Å². The van der Waals surface area contributed by atoms with Gasteiger partial charge in [0.1, 0.15) is 11.6 Å². The molecule has 0 radical (unpaired) electrons. The zero-order valence-corrected chi connectivity index (χ0v) is 15.0. The van der Waals surface area contributed by atoms with Crippen LogP contribution in [0, 0.1) is 18.7 Å². The number of hydrogen-bond acceptors (Lipinski definition) is 3. The molecular weight excluding hydrogens is 341 g/mol. The molecule has 1 aliphatic rings. The predicted molar refractivity (Wildman–Crippen MR) is 94.6 cm³/mol. The van der Waals surface area contributed by atoms with Crippen molar-refractivity contribution in [1.82, 2.24) is 4.31 Å². The van der Waals surface area contributed by atoms with Crippen LogP contribution >= 0.6 is 0 Å². The Labute approximate surface area is 148 Å². The largest absolute Gasteiger partial charge is 0.493 e. The highest BCUT2D eigenvalue weighted by Gasteiger charge is 2.30. The minimum atomic E-state index is -3.59. The van der Waals surface area contributed by atoms with Crippen LogP contribution in [-0.2, 0) is 10.0 Å². The topological polar surface area (TPSA) is 46.6 Å². The Bertz CT molecular complexity index is 804. The molecule has 25 heavy (non-hydrogen) atoms.